The van der Waals surface area contributed by atoms with Crippen molar-refractivity contribution in [2.24, 2.45) is 0 Å². The Morgan fingerprint density at radius 2 is 1.90 bits per heavy atom. The second kappa shape index (κ2) is 5.74. The number of amides is 1. The predicted molar refractivity (Wildman–Crippen MR) is 89.4 cm³/mol. The molecule has 4 heteroatoms. The van der Waals surface area contributed by atoms with Crippen LogP contribution in [0.15, 0.2) is 65.3 Å². The summed E-state index contributed by atoms with van der Waals surface area (Å²) in [4.78, 5) is 12.4. The fraction of sp³-hybridized carbons (Fsp3) is 0.118. The highest BCUT2D eigenvalue weighted by atomic mass is 79.9. The number of carbonyl (C=O) groups excluding carboxylic acids is 1. The third-order valence-corrected chi connectivity index (χ3v) is 4.01. The molecule has 2 aromatic carbocycles. The summed E-state index contributed by atoms with van der Waals surface area (Å²) >= 11 is 3.46. The topological polar surface area (TPSA) is 34.0 Å². The summed E-state index contributed by atoms with van der Waals surface area (Å²) in [6.07, 6.45) is 1.95. The number of hydrogen-bond donors (Lipinski definition) is 1. The van der Waals surface area contributed by atoms with Gasteiger partial charge in [-0.15, -0.1) is 0 Å². The van der Waals surface area contributed by atoms with E-state index in [1.807, 2.05) is 72.3 Å². The van der Waals surface area contributed by atoms with Gasteiger partial charge >= 0.3 is 0 Å². The molecule has 0 radical (unpaired) electrons. The Balaban J connectivity index is 1.86. The highest BCUT2D eigenvalue weighted by Crippen LogP contribution is 2.24. The molecule has 0 aliphatic carbocycles. The molecule has 0 saturated heterocycles. The molecule has 1 atom stereocenters. The summed E-state index contributed by atoms with van der Waals surface area (Å²) in [6.45, 7) is 1.90. The number of hydrogen-bond acceptors (Lipinski definition) is 1. The number of nitrogens with zero attached hydrogens (tertiary/aromatic N) is 1. The molecule has 0 spiro atoms. The minimum Gasteiger partial charge on any atom is -0.335 e. The maximum Gasteiger partial charge on any atom is 0.247 e. The molecular weight excluding hydrogens is 328 g/mol. The molecule has 3 nitrogen and oxygen atoms in total. The molecule has 0 bridgehead atoms. The lowest BCUT2D eigenvalue weighted by Gasteiger charge is -2.15. The molecule has 1 unspecified atom stereocenters. The van der Waals surface area contributed by atoms with Crippen molar-refractivity contribution in [1.82, 2.24) is 4.57 Å². The molecule has 3 aromatic rings. The van der Waals surface area contributed by atoms with Crippen LogP contribution >= 0.6 is 15.9 Å². The van der Waals surface area contributed by atoms with Gasteiger partial charge in [0.15, 0.2) is 0 Å². The van der Waals surface area contributed by atoms with Crippen molar-refractivity contribution in [3.05, 3.63) is 65.3 Å². The molecule has 1 amide bonds. The Kier molecular flexibility index (Phi) is 3.80. The van der Waals surface area contributed by atoms with E-state index < -0.39 is 0 Å². The van der Waals surface area contributed by atoms with Gasteiger partial charge in [-0.05, 0) is 43.3 Å². The smallest absolute Gasteiger partial charge is 0.247 e. The first-order chi connectivity index (χ1) is 10.1. The number of halogens is 1. The standard InChI is InChI=1S/C17H15BrN2O/c1-12(17(21)19-15-5-3-2-4-6-15)20-10-9-13-11-14(18)7-8-16(13)20/h2-12H,1H3,(H,19,21). The third kappa shape index (κ3) is 2.85. The summed E-state index contributed by atoms with van der Waals surface area (Å²) in [5, 5.41) is 4.05. The minimum atomic E-state index is -0.274. The van der Waals surface area contributed by atoms with Crippen LogP contribution in [0.25, 0.3) is 10.9 Å². The average Bonchev–Trinajstić information content (AvgIpc) is 2.90. The lowest BCUT2D eigenvalue weighted by atomic mass is 10.2. The summed E-state index contributed by atoms with van der Waals surface area (Å²) in [5.41, 5.74) is 1.86. The summed E-state index contributed by atoms with van der Waals surface area (Å²) in [7, 11) is 0. The van der Waals surface area contributed by atoms with E-state index in [0.29, 0.717) is 0 Å². The quantitative estimate of drug-likeness (QED) is 0.741. The van der Waals surface area contributed by atoms with Gasteiger partial charge in [0.05, 0.1) is 0 Å². The fourth-order valence-corrected chi connectivity index (χ4v) is 2.75. The number of anilines is 1. The van der Waals surface area contributed by atoms with Crippen LogP contribution in [0, 0.1) is 0 Å². The van der Waals surface area contributed by atoms with E-state index in [2.05, 4.69) is 21.2 Å². The van der Waals surface area contributed by atoms with Crippen molar-refractivity contribution in [2.45, 2.75) is 13.0 Å². The average molecular weight is 343 g/mol. The second-order valence-corrected chi connectivity index (χ2v) is 5.87. The van der Waals surface area contributed by atoms with E-state index in [1.54, 1.807) is 0 Å². The summed E-state index contributed by atoms with van der Waals surface area (Å²) in [5.74, 6) is -0.0263. The van der Waals surface area contributed by atoms with Crippen molar-refractivity contribution in [3.8, 4) is 0 Å². The Morgan fingerprint density at radius 1 is 1.14 bits per heavy atom. The van der Waals surface area contributed by atoms with Gasteiger partial charge in [0.25, 0.3) is 0 Å². The number of nitrogens with one attached hydrogen (secondary N) is 1. The van der Waals surface area contributed by atoms with Crippen molar-refractivity contribution < 1.29 is 4.79 Å². The summed E-state index contributed by atoms with van der Waals surface area (Å²) < 4.78 is 3.02. The lowest BCUT2D eigenvalue weighted by Crippen LogP contribution is -2.23. The Bertz CT molecular complexity index is 780. The highest BCUT2D eigenvalue weighted by Gasteiger charge is 2.16. The van der Waals surface area contributed by atoms with E-state index in [9.17, 15) is 4.79 Å². The Morgan fingerprint density at radius 3 is 2.67 bits per heavy atom. The Labute approximate surface area is 131 Å². The van der Waals surface area contributed by atoms with Crippen LogP contribution in [0.2, 0.25) is 0 Å². The van der Waals surface area contributed by atoms with E-state index in [0.717, 1.165) is 21.1 Å². The first kappa shape index (κ1) is 13.9. The van der Waals surface area contributed by atoms with Crippen molar-refractivity contribution >= 4 is 38.4 Å². The number of carbonyl (C=O) groups is 1. The van der Waals surface area contributed by atoms with Gasteiger partial charge in [-0.2, -0.15) is 0 Å². The highest BCUT2D eigenvalue weighted by molar-refractivity contribution is 9.10. The number of benzene rings is 2. The SMILES string of the molecule is CC(C(=O)Nc1ccccc1)n1ccc2cc(Br)ccc21. The zero-order chi connectivity index (χ0) is 14.8. The predicted octanol–water partition coefficient (Wildman–Crippen LogP) is 4.60. The molecule has 21 heavy (non-hydrogen) atoms. The molecule has 1 heterocycles. The zero-order valence-corrected chi connectivity index (χ0v) is 13.2. The van der Waals surface area contributed by atoms with Gasteiger partial charge in [0.2, 0.25) is 5.91 Å². The third-order valence-electron chi connectivity index (χ3n) is 3.52. The maximum absolute atomic E-state index is 12.4. The van der Waals surface area contributed by atoms with Crippen LogP contribution in [-0.2, 0) is 4.79 Å². The molecule has 3 rings (SSSR count). The normalized spacial score (nSPS) is 12.3. The molecule has 0 aliphatic heterocycles. The van der Waals surface area contributed by atoms with E-state index in [1.165, 1.54) is 0 Å². The Hall–Kier alpha value is -2.07. The second-order valence-electron chi connectivity index (χ2n) is 4.96. The first-order valence-electron chi connectivity index (χ1n) is 6.77. The molecule has 106 valence electrons. The molecular formula is C17H15BrN2O. The van der Waals surface area contributed by atoms with Crippen molar-refractivity contribution in [1.29, 1.82) is 0 Å². The molecule has 0 saturated carbocycles. The van der Waals surface area contributed by atoms with Crippen molar-refractivity contribution in [2.75, 3.05) is 5.32 Å². The maximum atomic E-state index is 12.4. The monoisotopic (exact) mass is 342 g/mol. The van der Waals surface area contributed by atoms with Gasteiger partial charge in [-0.25, -0.2) is 0 Å². The van der Waals surface area contributed by atoms with E-state index in [4.69, 9.17) is 0 Å². The van der Waals surface area contributed by atoms with Crippen LogP contribution in [0.3, 0.4) is 0 Å². The van der Waals surface area contributed by atoms with E-state index in [-0.39, 0.29) is 11.9 Å². The molecule has 0 aliphatic rings. The van der Waals surface area contributed by atoms with Crippen LogP contribution in [0.1, 0.15) is 13.0 Å². The van der Waals surface area contributed by atoms with Gasteiger partial charge in [0.1, 0.15) is 6.04 Å². The molecule has 1 N–H and O–H groups in total. The van der Waals surface area contributed by atoms with Gasteiger partial charge in [-0.3, -0.25) is 4.79 Å². The number of aromatic nitrogens is 1. The van der Waals surface area contributed by atoms with Crippen LogP contribution < -0.4 is 5.32 Å². The molecule has 0 fully saturated rings. The fourth-order valence-electron chi connectivity index (χ4n) is 2.37. The van der Waals surface area contributed by atoms with Gasteiger partial charge in [-0.1, -0.05) is 34.1 Å². The minimum absolute atomic E-state index is 0.0263. The van der Waals surface area contributed by atoms with Crippen molar-refractivity contribution in [3.63, 3.8) is 0 Å². The summed E-state index contributed by atoms with van der Waals surface area (Å²) in [6, 6.07) is 17.3. The number of fused-ring (bicyclic) bond motifs is 1. The number of para-hydroxylation sites is 1. The van der Waals surface area contributed by atoms with Crippen LogP contribution in [0.4, 0.5) is 5.69 Å². The van der Waals surface area contributed by atoms with Crippen LogP contribution in [0.5, 0.6) is 0 Å². The first-order valence-corrected chi connectivity index (χ1v) is 7.56. The largest absolute Gasteiger partial charge is 0.335 e. The molecule has 1 aromatic heterocycles. The van der Waals surface area contributed by atoms with E-state index >= 15 is 0 Å². The van der Waals surface area contributed by atoms with Gasteiger partial charge in [0, 0.05) is 27.3 Å². The van der Waals surface area contributed by atoms with Crippen LogP contribution in [-0.4, -0.2) is 10.5 Å². The number of rotatable bonds is 3. The van der Waals surface area contributed by atoms with Gasteiger partial charge < -0.3 is 9.88 Å². The zero-order valence-electron chi connectivity index (χ0n) is 11.6. The lowest BCUT2D eigenvalue weighted by molar-refractivity contribution is -0.118.